The second kappa shape index (κ2) is 7.02. The van der Waals surface area contributed by atoms with Gasteiger partial charge in [0.05, 0.1) is 5.69 Å². The second-order valence-electron chi connectivity index (χ2n) is 5.70. The second-order valence-corrected chi connectivity index (χ2v) is 9.05. The van der Waals surface area contributed by atoms with E-state index >= 15 is 0 Å². The molecular formula is C13H23N3O3S2. The number of thioether (sulfide) groups is 1. The van der Waals surface area contributed by atoms with Crippen molar-refractivity contribution in [3.05, 3.63) is 12.0 Å². The first-order valence-electron chi connectivity index (χ1n) is 7.06. The molecule has 0 spiro atoms. The van der Waals surface area contributed by atoms with Gasteiger partial charge in [0.2, 0.25) is 0 Å². The number of nitrogens with zero attached hydrogens (tertiary/aromatic N) is 2. The van der Waals surface area contributed by atoms with Crippen LogP contribution >= 0.6 is 11.8 Å². The highest BCUT2D eigenvalue weighted by Crippen LogP contribution is 2.26. The van der Waals surface area contributed by atoms with Crippen molar-refractivity contribution in [2.45, 2.75) is 25.8 Å². The molecule has 0 aliphatic carbocycles. The minimum Gasteiger partial charge on any atom is -0.432 e. The summed E-state index contributed by atoms with van der Waals surface area (Å²) in [6.45, 7) is 6.47. The zero-order valence-corrected chi connectivity index (χ0v) is 14.3. The Bertz CT molecular complexity index is 557. The van der Waals surface area contributed by atoms with E-state index in [1.807, 2.05) is 0 Å². The van der Waals surface area contributed by atoms with Crippen molar-refractivity contribution in [1.82, 2.24) is 10.3 Å². The molecule has 1 aliphatic rings. The highest BCUT2D eigenvalue weighted by Gasteiger charge is 2.33. The maximum atomic E-state index is 11.9. The van der Waals surface area contributed by atoms with Crippen molar-refractivity contribution in [2.75, 3.05) is 35.8 Å². The number of aromatic nitrogens is 1. The van der Waals surface area contributed by atoms with E-state index in [1.165, 1.54) is 6.26 Å². The van der Waals surface area contributed by atoms with Gasteiger partial charge in [-0.2, -0.15) is 16.7 Å². The lowest BCUT2D eigenvalue weighted by molar-refractivity contribution is 0.519. The van der Waals surface area contributed by atoms with Gasteiger partial charge in [-0.15, -0.1) is 0 Å². The number of rotatable bonds is 6. The number of nitrogens with one attached hydrogen (secondary N) is 1. The molecule has 0 aromatic carbocycles. The molecule has 1 aromatic rings. The Morgan fingerprint density at radius 2 is 2.33 bits per heavy atom. The van der Waals surface area contributed by atoms with Gasteiger partial charge in [0, 0.05) is 30.9 Å². The number of anilines is 1. The Kier molecular flexibility index (Phi) is 5.56. The van der Waals surface area contributed by atoms with Gasteiger partial charge < -0.3 is 14.6 Å². The molecule has 2 rings (SSSR count). The molecular weight excluding hydrogens is 310 g/mol. The van der Waals surface area contributed by atoms with Gasteiger partial charge in [0.25, 0.3) is 6.01 Å². The molecule has 1 aromatic heterocycles. The summed E-state index contributed by atoms with van der Waals surface area (Å²) in [4.78, 5) is 6.18. The summed E-state index contributed by atoms with van der Waals surface area (Å²) in [6, 6.07) is 0.409. The van der Waals surface area contributed by atoms with E-state index in [4.69, 9.17) is 4.42 Å². The van der Waals surface area contributed by atoms with Crippen LogP contribution in [0, 0.1) is 5.92 Å². The third kappa shape index (κ3) is 4.62. The van der Waals surface area contributed by atoms with Crippen molar-refractivity contribution in [2.24, 2.45) is 5.92 Å². The summed E-state index contributed by atoms with van der Waals surface area (Å²) >= 11 is 1.65. The molecule has 0 radical (unpaired) electrons. The molecule has 120 valence electrons. The van der Waals surface area contributed by atoms with E-state index in [2.05, 4.69) is 24.1 Å². The van der Waals surface area contributed by atoms with Crippen molar-refractivity contribution in [3.8, 4) is 0 Å². The number of hydrogen-bond acceptors (Lipinski definition) is 7. The maximum Gasteiger partial charge on any atom is 0.298 e. The SMILES string of the molecule is CC(C)CNCc1coc(N2CCSCC2S(C)(=O)=O)n1. The van der Waals surface area contributed by atoms with Crippen LogP contribution in [0.4, 0.5) is 6.01 Å². The van der Waals surface area contributed by atoms with Gasteiger partial charge in [0.15, 0.2) is 9.84 Å². The highest BCUT2D eigenvalue weighted by atomic mass is 32.2. The first-order chi connectivity index (χ1) is 9.88. The Hall–Kier alpha value is -0.730. The Labute approximate surface area is 130 Å². The fourth-order valence-electron chi connectivity index (χ4n) is 2.15. The van der Waals surface area contributed by atoms with Gasteiger partial charge in [0.1, 0.15) is 11.6 Å². The van der Waals surface area contributed by atoms with E-state index in [-0.39, 0.29) is 0 Å². The predicted octanol–water partition coefficient (Wildman–Crippen LogP) is 1.34. The first kappa shape index (κ1) is 16.6. The monoisotopic (exact) mass is 333 g/mol. The van der Waals surface area contributed by atoms with Crippen LogP contribution in [-0.2, 0) is 16.4 Å². The topological polar surface area (TPSA) is 75.4 Å². The third-order valence-corrected chi connectivity index (χ3v) is 5.87. The van der Waals surface area contributed by atoms with Crippen LogP contribution in [0.3, 0.4) is 0 Å². The standard InChI is InChI=1S/C13H23N3O3S2/c1-10(2)6-14-7-11-8-19-13(15-11)16-4-5-20-9-12(16)21(3,17)18/h8,10,12,14H,4-7,9H2,1-3H3. The van der Waals surface area contributed by atoms with Crippen LogP contribution in [0.15, 0.2) is 10.7 Å². The summed E-state index contributed by atoms with van der Waals surface area (Å²) < 4.78 is 29.3. The van der Waals surface area contributed by atoms with Crippen molar-refractivity contribution in [3.63, 3.8) is 0 Å². The molecule has 6 nitrogen and oxygen atoms in total. The lowest BCUT2D eigenvalue weighted by Crippen LogP contribution is -2.47. The molecule has 0 saturated carbocycles. The van der Waals surface area contributed by atoms with Gasteiger partial charge in [-0.1, -0.05) is 13.8 Å². The van der Waals surface area contributed by atoms with Crippen molar-refractivity contribution < 1.29 is 12.8 Å². The molecule has 1 fully saturated rings. The summed E-state index contributed by atoms with van der Waals surface area (Å²) in [7, 11) is -3.15. The molecule has 0 amide bonds. The molecule has 21 heavy (non-hydrogen) atoms. The van der Waals surface area contributed by atoms with E-state index in [0.29, 0.717) is 30.8 Å². The van der Waals surface area contributed by atoms with Gasteiger partial charge in [-0.05, 0) is 12.5 Å². The number of oxazole rings is 1. The smallest absolute Gasteiger partial charge is 0.298 e. The highest BCUT2D eigenvalue weighted by molar-refractivity contribution is 8.01. The molecule has 1 unspecified atom stereocenters. The number of hydrogen-bond donors (Lipinski definition) is 1. The van der Waals surface area contributed by atoms with Crippen molar-refractivity contribution >= 4 is 27.6 Å². The minimum atomic E-state index is -3.15. The first-order valence-corrected chi connectivity index (χ1v) is 10.2. The van der Waals surface area contributed by atoms with Gasteiger partial charge in [-0.25, -0.2) is 8.42 Å². The van der Waals surface area contributed by atoms with Crippen LogP contribution < -0.4 is 10.2 Å². The third-order valence-electron chi connectivity index (χ3n) is 3.22. The van der Waals surface area contributed by atoms with Crippen LogP contribution in [-0.4, -0.2) is 49.6 Å². The average molecular weight is 333 g/mol. The van der Waals surface area contributed by atoms with Crippen LogP contribution in [0.25, 0.3) is 0 Å². The minimum absolute atomic E-state index is 0.409. The fourth-order valence-corrected chi connectivity index (χ4v) is 4.96. The van der Waals surface area contributed by atoms with Crippen molar-refractivity contribution in [1.29, 1.82) is 0 Å². The Morgan fingerprint density at radius 3 is 3.00 bits per heavy atom. The quantitative estimate of drug-likeness (QED) is 0.842. The molecule has 1 aliphatic heterocycles. The predicted molar refractivity (Wildman–Crippen MR) is 86.4 cm³/mol. The molecule has 1 atom stereocenters. The van der Waals surface area contributed by atoms with E-state index in [0.717, 1.165) is 18.0 Å². The summed E-state index contributed by atoms with van der Waals surface area (Å²) in [5.74, 6) is 2.02. The van der Waals surface area contributed by atoms with E-state index in [1.54, 1.807) is 22.9 Å². The molecule has 8 heteroatoms. The molecule has 0 bridgehead atoms. The van der Waals surface area contributed by atoms with E-state index in [9.17, 15) is 8.42 Å². The zero-order valence-electron chi connectivity index (χ0n) is 12.7. The Morgan fingerprint density at radius 1 is 1.57 bits per heavy atom. The lowest BCUT2D eigenvalue weighted by Gasteiger charge is -2.32. The summed E-state index contributed by atoms with van der Waals surface area (Å²) in [5.41, 5.74) is 0.802. The maximum absolute atomic E-state index is 11.9. The van der Waals surface area contributed by atoms with Crippen LogP contribution in [0.5, 0.6) is 0 Å². The van der Waals surface area contributed by atoms with E-state index < -0.39 is 15.2 Å². The molecule has 1 N–H and O–H groups in total. The molecule has 2 heterocycles. The lowest BCUT2D eigenvalue weighted by atomic mass is 10.2. The van der Waals surface area contributed by atoms with Crippen LogP contribution in [0.2, 0.25) is 0 Å². The summed E-state index contributed by atoms with van der Waals surface area (Å²) in [5, 5.41) is 2.75. The number of sulfone groups is 1. The molecule has 1 saturated heterocycles. The zero-order chi connectivity index (χ0) is 15.5. The largest absolute Gasteiger partial charge is 0.432 e. The van der Waals surface area contributed by atoms with Gasteiger partial charge >= 0.3 is 0 Å². The normalized spacial score (nSPS) is 20.2. The van der Waals surface area contributed by atoms with Gasteiger partial charge in [-0.3, -0.25) is 0 Å². The van der Waals surface area contributed by atoms with Crippen LogP contribution in [0.1, 0.15) is 19.5 Å². The average Bonchev–Trinajstić information content (AvgIpc) is 2.86. The fraction of sp³-hybridized carbons (Fsp3) is 0.769. The summed E-state index contributed by atoms with van der Waals surface area (Å²) in [6.07, 6.45) is 2.87. The Balaban J connectivity index is 2.05.